The topological polar surface area (TPSA) is 74.8 Å². The molecule has 0 unspecified atom stereocenters. The van der Waals surface area contributed by atoms with E-state index >= 15 is 0 Å². The van der Waals surface area contributed by atoms with Crippen LogP contribution in [0, 0.1) is 0 Å². The highest BCUT2D eigenvalue weighted by Crippen LogP contribution is 2.13. The van der Waals surface area contributed by atoms with Gasteiger partial charge in [0.25, 0.3) is 5.91 Å². The van der Waals surface area contributed by atoms with Crippen molar-refractivity contribution in [1.82, 2.24) is 10.6 Å². The van der Waals surface area contributed by atoms with Crippen LogP contribution >= 0.6 is 11.6 Å². The third-order valence-corrected chi connectivity index (χ3v) is 2.98. The minimum atomic E-state index is -0.461. The van der Waals surface area contributed by atoms with E-state index in [0.717, 1.165) is 5.56 Å². The van der Waals surface area contributed by atoms with Gasteiger partial charge in [0.15, 0.2) is 6.54 Å². The second-order valence-electron chi connectivity index (χ2n) is 4.96. The minimum absolute atomic E-state index is 0.000213. The Bertz CT molecular complexity index is 460. The molecule has 20 heavy (non-hydrogen) atoms. The summed E-state index contributed by atoms with van der Waals surface area (Å²) in [7, 11) is 0. The van der Waals surface area contributed by atoms with Crippen molar-refractivity contribution in [2.45, 2.75) is 32.9 Å². The fraction of sp³-hybridized carbons (Fsp3) is 0.429. The van der Waals surface area contributed by atoms with Gasteiger partial charge in [0, 0.05) is 16.6 Å². The van der Waals surface area contributed by atoms with Crippen LogP contribution in [0.3, 0.4) is 0 Å². The number of hydrogen-bond donors (Lipinski definition) is 3. The average molecular weight is 299 g/mol. The quantitative estimate of drug-likeness (QED) is 0.764. The van der Waals surface area contributed by atoms with Crippen molar-refractivity contribution in [3.05, 3.63) is 34.9 Å². The van der Waals surface area contributed by atoms with E-state index in [1.165, 1.54) is 0 Å². The number of nitrogens with two attached hydrogens (primary N) is 1. The number of quaternary nitrogens is 1. The Morgan fingerprint density at radius 3 is 2.35 bits per heavy atom. The lowest BCUT2D eigenvalue weighted by Gasteiger charge is -2.12. The van der Waals surface area contributed by atoms with Gasteiger partial charge in [-0.15, -0.1) is 0 Å². The van der Waals surface area contributed by atoms with Crippen molar-refractivity contribution in [1.29, 1.82) is 0 Å². The van der Waals surface area contributed by atoms with Crippen LogP contribution in [0.1, 0.15) is 32.4 Å². The lowest BCUT2D eigenvalue weighted by atomic mass is 10.1. The van der Waals surface area contributed by atoms with Gasteiger partial charge in [0.1, 0.15) is 6.04 Å². The Labute approximate surface area is 124 Å². The minimum Gasteiger partial charge on any atom is -0.336 e. The maximum absolute atomic E-state index is 11.6. The Morgan fingerprint density at radius 1 is 1.20 bits per heavy atom. The molecule has 0 heterocycles. The van der Waals surface area contributed by atoms with Crippen LogP contribution in [0.4, 0.5) is 4.79 Å². The zero-order chi connectivity index (χ0) is 15.1. The number of imide groups is 1. The highest BCUT2D eigenvalue weighted by Gasteiger charge is 2.13. The van der Waals surface area contributed by atoms with E-state index in [4.69, 9.17) is 11.6 Å². The Balaban J connectivity index is 2.37. The zero-order valence-electron chi connectivity index (χ0n) is 11.9. The van der Waals surface area contributed by atoms with Crippen LogP contribution in [0.25, 0.3) is 0 Å². The van der Waals surface area contributed by atoms with Crippen molar-refractivity contribution < 1.29 is 14.9 Å². The fourth-order valence-corrected chi connectivity index (χ4v) is 1.79. The standard InChI is InChI=1S/C14H20ClN3O2/c1-9(2)17-14(20)18-13(19)8-16-10(3)11-4-6-12(15)7-5-11/h4-7,9-10,16H,8H2,1-3H3,(H2,17,18,19,20)/p+1/t10-/m1/s1. The predicted molar refractivity (Wildman–Crippen MR) is 78.5 cm³/mol. The molecule has 3 amide bonds. The molecule has 0 aliphatic rings. The maximum atomic E-state index is 11.6. The summed E-state index contributed by atoms with van der Waals surface area (Å²) in [5.74, 6) is -0.316. The molecule has 0 spiro atoms. The molecule has 6 heteroatoms. The molecule has 110 valence electrons. The Morgan fingerprint density at radius 2 is 1.80 bits per heavy atom. The third kappa shape index (κ3) is 6.04. The van der Waals surface area contributed by atoms with Crippen molar-refractivity contribution >= 4 is 23.5 Å². The first-order valence-corrected chi connectivity index (χ1v) is 6.95. The molecule has 1 aromatic rings. The molecule has 0 aliphatic carbocycles. The van der Waals surface area contributed by atoms with Crippen LogP contribution in [0.5, 0.6) is 0 Å². The lowest BCUT2D eigenvalue weighted by molar-refractivity contribution is -0.682. The van der Waals surface area contributed by atoms with Gasteiger partial charge in [-0.25, -0.2) is 4.79 Å². The monoisotopic (exact) mass is 298 g/mol. The summed E-state index contributed by atoms with van der Waals surface area (Å²) >= 11 is 5.82. The average Bonchev–Trinajstić information content (AvgIpc) is 2.35. The van der Waals surface area contributed by atoms with Crippen LogP contribution in [0.15, 0.2) is 24.3 Å². The lowest BCUT2D eigenvalue weighted by Crippen LogP contribution is -2.87. The van der Waals surface area contributed by atoms with E-state index in [-0.39, 0.29) is 24.5 Å². The second kappa shape index (κ2) is 7.87. The number of nitrogens with one attached hydrogen (secondary N) is 2. The van der Waals surface area contributed by atoms with E-state index < -0.39 is 6.03 Å². The summed E-state index contributed by atoms with van der Waals surface area (Å²) in [6, 6.07) is 7.14. The number of rotatable bonds is 5. The third-order valence-electron chi connectivity index (χ3n) is 2.73. The van der Waals surface area contributed by atoms with Crippen LogP contribution in [-0.4, -0.2) is 24.5 Å². The summed E-state index contributed by atoms with van der Waals surface area (Å²) < 4.78 is 0. The molecule has 0 fully saturated rings. The predicted octanol–water partition coefficient (Wildman–Crippen LogP) is 1.20. The van der Waals surface area contributed by atoms with E-state index in [1.54, 1.807) is 0 Å². The zero-order valence-corrected chi connectivity index (χ0v) is 12.7. The number of carbonyl (C=O) groups is 2. The number of urea groups is 1. The molecule has 0 bridgehead atoms. The Hall–Kier alpha value is -1.59. The highest BCUT2D eigenvalue weighted by atomic mass is 35.5. The van der Waals surface area contributed by atoms with E-state index in [2.05, 4.69) is 10.6 Å². The van der Waals surface area contributed by atoms with Crippen LogP contribution in [-0.2, 0) is 4.79 Å². The molecule has 1 rings (SSSR count). The molecule has 1 aromatic carbocycles. The van der Waals surface area contributed by atoms with Gasteiger partial charge in [0.05, 0.1) is 0 Å². The first-order valence-electron chi connectivity index (χ1n) is 6.57. The molecule has 0 aliphatic heterocycles. The number of benzene rings is 1. The second-order valence-corrected chi connectivity index (χ2v) is 5.39. The number of amides is 3. The van der Waals surface area contributed by atoms with Crippen LogP contribution in [0.2, 0.25) is 5.02 Å². The molecule has 5 nitrogen and oxygen atoms in total. The molecule has 0 saturated heterocycles. The number of halogens is 1. The maximum Gasteiger partial charge on any atom is 0.321 e. The smallest absolute Gasteiger partial charge is 0.321 e. The van der Waals surface area contributed by atoms with Crippen LogP contribution < -0.4 is 16.0 Å². The van der Waals surface area contributed by atoms with Gasteiger partial charge in [-0.2, -0.15) is 0 Å². The molecule has 0 saturated carbocycles. The Kier molecular flexibility index (Phi) is 6.48. The first-order chi connectivity index (χ1) is 9.38. The van der Waals surface area contributed by atoms with Gasteiger partial charge < -0.3 is 10.6 Å². The summed E-state index contributed by atoms with van der Waals surface area (Å²) in [4.78, 5) is 22.9. The largest absolute Gasteiger partial charge is 0.336 e. The number of hydrogen-bond acceptors (Lipinski definition) is 2. The molecule has 1 atom stereocenters. The molecular weight excluding hydrogens is 278 g/mol. The highest BCUT2D eigenvalue weighted by molar-refractivity contribution is 6.30. The van der Waals surface area contributed by atoms with Crippen molar-refractivity contribution in [3.63, 3.8) is 0 Å². The summed E-state index contributed by atoms with van der Waals surface area (Å²) in [5.41, 5.74) is 1.08. The van der Waals surface area contributed by atoms with Crippen molar-refractivity contribution in [2.75, 3.05) is 6.54 Å². The van der Waals surface area contributed by atoms with E-state index in [1.807, 2.05) is 50.4 Å². The van der Waals surface area contributed by atoms with Crippen molar-refractivity contribution in [3.8, 4) is 0 Å². The van der Waals surface area contributed by atoms with Gasteiger partial charge in [-0.1, -0.05) is 23.7 Å². The van der Waals surface area contributed by atoms with Gasteiger partial charge >= 0.3 is 6.03 Å². The SMILES string of the molecule is CC(C)NC(=O)NC(=O)C[NH2+][C@H](C)c1ccc(Cl)cc1. The summed E-state index contributed by atoms with van der Waals surface area (Å²) in [6.07, 6.45) is 0. The summed E-state index contributed by atoms with van der Waals surface area (Å²) in [6.45, 7) is 5.84. The van der Waals surface area contributed by atoms with E-state index in [0.29, 0.717) is 5.02 Å². The number of carbonyl (C=O) groups excluding carboxylic acids is 2. The van der Waals surface area contributed by atoms with E-state index in [9.17, 15) is 9.59 Å². The van der Waals surface area contributed by atoms with Gasteiger partial charge in [0.2, 0.25) is 0 Å². The molecule has 0 aromatic heterocycles. The summed E-state index contributed by atoms with van der Waals surface area (Å²) in [5, 5.41) is 7.43. The fourth-order valence-electron chi connectivity index (χ4n) is 1.66. The van der Waals surface area contributed by atoms with Crippen molar-refractivity contribution in [2.24, 2.45) is 0 Å². The molecular formula is C14H21ClN3O2+. The molecule has 0 radical (unpaired) electrons. The normalized spacial score (nSPS) is 12.1. The van der Waals surface area contributed by atoms with Gasteiger partial charge in [-0.05, 0) is 32.9 Å². The first kappa shape index (κ1) is 16.5. The molecule has 4 N–H and O–H groups in total. The van der Waals surface area contributed by atoms with Gasteiger partial charge in [-0.3, -0.25) is 10.1 Å².